The highest BCUT2D eigenvalue weighted by atomic mass is 79.9. The van der Waals surface area contributed by atoms with Crippen LogP contribution in [0.2, 0.25) is 0 Å². The summed E-state index contributed by atoms with van der Waals surface area (Å²) in [6, 6.07) is 11.0. The highest BCUT2D eigenvalue weighted by molar-refractivity contribution is 9.09. The summed E-state index contributed by atoms with van der Waals surface area (Å²) in [6.07, 6.45) is 4.71. The van der Waals surface area contributed by atoms with Crippen molar-refractivity contribution >= 4 is 15.9 Å². The number of halogens is 1. The van der Waals surface area contributed by atoms with Crippen LogP contribution in [0.1, 0.15) is 46.4 Å². The van der Waals surface area contributed by atoms with Crippen LogP contribution < -0.4 is 0 Å². The molecular weight excluding hydrogens is 288 g/mol. The van der Waals surface area contributed by atoms with Crippen LogP contribution >= 0.6 is 15.9 Å². The number of rotatable bonds is 3. The Balaban J connectivity index is 1.89. The molecule has 0 fully saturated rings. The molecule has 0 amide bonds. The first-order valence-corrected chi connectivity index (χ1v) is 7.54. The van der Waals surface area contributed by atoms with Crippen LogP contribution in [0.4, 0.5) is 0 Å². The molecule has 0 saturated heterocycles. The van der Waals surface area contributed by atoms with Crippen molar-refractivity contribution < 1.29 is 4.42 Å². The number of aryl methyl sites for hydroxylation is 3. The molecule has 2 aromatic rings. The van der Waals surface area contributed by atoms with Crippen LogP contribution in [-0.4, -0.2) is 0 Å². The lowest BCUT2D eigenvalue weighted by molar-refractivity contribution is 0.477. The van der Waals surface area contributed by atoms with E-state index >= 15 is 0 Å². The van der Waals surface area contributed by atoms with Crippen molar-refractivity contribution in [3.8, 4) is 0 Å². The molecule has 94 valence electrons. The van der Waals surface area contributed by atoms with Crippen LogP contribution in [0.5, 0.6) is 0 Å². The van der Waals surface area contributed by atoms with E-state index in [1.54, 1.807) is 0 Å². The van der Waals surface area contributed by atoms with E-state index in [2.05, 4.69) is 53.2 Å². The summed E-state index contributed by atoms with van der Waals surface area (Å²) >= 11 is 3.75. The number of fused-ring (bicyclic) bond motifs is 1. The molecule has 1 aromatic heterocycles. The number of hydrogen-bond acceptors (Lipinski definition) is 1. The summed E-state index contributed by atoms with van der Waals surface area (Å²) in [5.41, 5.74) is 4.33. The Morgan fingerprint density at radius 2 is 2.00 bits per heavy atom. The molecule has 0 radical (unpaired) electrons. The third kappa shape index (κ3) is 2.14. The monoisotopic (exact) mass is 304 g/mol. The van der Waals surface area contributed by atoms with E-state index in [4.69, 9.17) is 4.42 Å². The zero-order valence-corrected chi connectivity index (χ0v) is 12.2. The van der Waals surface area contributed by atoms with Gasteiger partial charge in [-0.2, -0.15) is 0 Å². The molecule has 0 spiro atoms. The zero-order chi connectivity index (χ0) is 12.5. The van der Waals surface area contributed by atoms with E-state index in [1.165, 1.54) is 36.0 Å². The molecule has 0 aliphatic heterocycles. The van der Waals surface area contributed by atoms with Gasteiger partial charge in [0.15, 0.2) is 0 Å². The molecule has 1 heterocycles. The van der Waals surface area contributed by atoms with Crippen molar-refractivity contribution in [2.75, 3.05) is 0 Å². The van der Waals surface area contributed by atoms with Crippen molar-refractivity contribution in [1.29, 1.82) is 0 Å². The molecular formula is C16H17BrO. The van der Waals surface area contributed by atoms with E-state index in [0.29, 0.717) is 0 Å². The standard InChI is InChI=1S/C16H17BrO/c1-2-14-8-9-15(18-14)16(17)13-7-6-11-4-3-5-12(11)10-13/h6-10,16H,2-5H2,1H3. The van der Waals surface area contributed by atoms with Gasteiger partial charge in [0.25, 0.3) is 0 Å². The maximum absolute atomic E-state index is 5.82. The molecule has 1 aliphatic rings. The average molecular weight is 305 g/mol. The Hall–Kier alpha value is -1.02. The maximum atomic E-state index is 5.82. The van der Waals surface area contributed by atoms with Gasteiger partial charge in [-0.1, -0.05) is 41.1 Å². The topological polar surface area (TPSA) is 13.1 Å². The Bertz CT molecular complexity index is 556. The van der Waals surface area contributed by atoms with Crippen LogP contribution in [0.25, 0.3) is 0 Å². The first-order valence-electron chi connectivity index (χ1n) is 6.62. The van der Waals surface area contributed by atoms with Crippen molar-refractivity contribution in [3.05, 3.63) is 58.5 Å². The molecule has 3 rings (SSSR count). The van der Waals surface area contributed by atoms with E-state index in [-0.39, 0.29) is 4.83 Å². The maximum Gasteiger partial charge on any atom is 0.122 e. The second-order valence-electron chi connectivity index (χ2n) is 4.90. The molecule has 1 aromatic carbocycles. The summed E-state index contributed by atoms with van der Waals surface area (Å²) < 4.78 is 5.82. The first-order chi connectivity index (χ1) is 8.78. The summed E-state index contributed by atoms with van der Waals surface area (Å²) in [5, 5.41) is 0. The minimum Gasteiger partial charge on any atom is -0.465 e. The number of alkyl halides is 1. The van der Waals surface area contributed by atoms with E-state index in [0.717, 1.165) is 17.9 Å². The van der Waals surface area contributed by atoms with E-state index in [9.17, 15) is 0 Å². The molecule has 1 aliphatic carbocycles. The molecule has 18 heavy (non-hydrogen) atoms. The molecule has 0 saturated carbocycles. The summed E-state index contributed by atoms with van der Waals surface area (Å²) in [4.78, 5) is 0.170. The molecule has 1 nitrogen and oxygen atoms in total. The predicted octanol–water partition coefficient (Wildman–Crippen LogP) is 4.82. The fourth-order valence-corrected chi connectivity index (χ4v) is 3.17. The fraction of sp³-hybridized carbons (Fsp3) is 0.375. The third-order valence-corrected chi connectivity index (χ3v) is 4.68. The third-order valence-electron chi connectivity index (χ3n) is 3.70. The normalized spacial score (nSPS) is 15.7. The van der Waals surface area contributed by atoms with Crippen LogP contribution in [0.3, 0.4) is 0 Å². The number of benzene rings is 1. The molecule has 0 bridgehead atoms. The SMILES string of the molecule is CCc1ccc(C(Br)c2ccc3c(c2)CCC3)o1. The average Bonchev–Trinajstić information content (AvgIpc) is 3.05. The second-order valence-corrected chi connectivity index (χ2v) is 5.82. The van der Waals surface area contributed by atoms with Crippen LogP contribution in [0, 0.1) is 0 Å². The molecule has 2 heteroatoms. The Morgan fingerprint density at radius 3 is 2.78 bits per heavy atom. The van der Waals surface area contributed by atoms with E-state index < -0.39 is 0 Å². The smallest absolute Gasteiger partial charge is 0.122 e. The zero-order valence-electron chi connectivity index (χ0n) is 10.6. The summed E-state index contributed by atoms with van der Waals surface area (Å²) in [7, 11) is 0. The summed E-state index contributed by atoms with van der Waals surface area (Å²) in [6.45, 7) is 2.11. The molecule has 1 atom stereocenters. The van der Waals surface area contributed by atoms with Crippen molar-refractivity contribution in [1.82, 2.24) is 0 Å². The van der Waals surface area contributed by atoms with Crippen molar-refractivity contribution in [2.24, 2.45) is 0 Å². The lowest BCUT2D eigenvalue weighted by Gasteiger charge is -2.09. The Morgan fingerprint density at radius 1 is 1.17 bits per heavy atom. The van der Waals surface area contributed by atoms with Gasteiger partial charge in [-0.15, -0.1) is 0 Å². The minimum atomic E-state index is 0.170. The largest absolute Gasteiger partial charge is 0.465 e. The summed E-state index contributed by atoms with van der Waals surface area (Å²) in [5.74, 6) is 2.06. The van der Waals surface area contributed by atoms with Crippen molar-refractivity contribution in [2.45, 2.75) is 37.4 Å². The highest BCUT2D eigenvalue weighted by Gasteiger charge is 2.17. The van der Waals surface area contributed by atoms with Gasteiger partial charge in [0.1, 0.15) is 11.5 Å². The van der Waals surface area contributed by atoms with Gasteiger partial charge < -0.3 is 4.42 Å². The van der Waals surface area contributed by atoms with Gasteiger partial charge in [0, 0.05) is 6.42 Å². The lowest BCUT2D eigenvalue weighted by atomic mass is 10.0. The predicted molar refractivity (Wildman–Crippen MR) is 77.3 cm³/mol. The Kier molecular flexibility index (Phi) is 3.29. The first kappa shape index (κ1) is 12.0. The number of hydrogen-bond donors (Lipinski definition) is 0. The Labute approximate surface area is 116 Å². The van der Waals surface area contributed by atoms with Gasteiger partial charge in [0.05, 0.1) is 4.83 Å². The van der Waals surface area contributed by atoms with Gasteiger partial charge in [0.2, 0.25) is 0 Å². The van der Waals surface area contributed by atoms with Crippen molar-refractivity contribution in [3.63, 3.8) is 0 Å². The minimum absolute atomic E-state index is 0.170. The van der Waals surface area contributed by atoms with Crippen LogP contribution in [-0.2, 0) is 19.3 Å². The number of furan rings is 1. The fourth-order valence-electron chi connectivity index (χ4n) is 2.63. The van der Waals surface area contributed by atoms with Gasteiger partial charge >= 0.3 is 0 Å². The van der Waals surface area contributed by atoms with E-state index in [1.807, 2.05) is 0 Å². The lowest BCUT2D eigenvalue weighted by Crippen LogP contribution is -1.93. The van der Waals surface area contributed by atoms with Gasteiger partial charge in [-0.05, 0) is 48.1 Å². The molecule has 1 unspecified atom stereocenters. The van der Waals surface area contributed by atoms with Gasteiger partial charge in [-0.3, -0.25) is 0 Å². The second kappa shape index (κ2) is 4.93. The quantitative estimate of drug-likeness (QED) is 0.741. The van der Waals surface area contributed by atoms with Crippen LogP contribution in [0.15, 0.2) is 34.7 Å². The highest BCUT2D eigenvalue weighted by Crippen LogP contribution is 2.34. The molecule has 0 N–H and O–H groups in total. The van der Waals surface area contributed by atoms with Gasteiger partial charge in [-0.25, -0.2) is 0 Å².